The minimum atomic E-state index is -0.110. The lowest BCUT2D eigenvalue weighted by Crippen LogP contribution is -1.74. The van der Waals surface area contributed by atoms with Crippen LogP contribution in [-0.2, 0) is 6.42 Å². The maximum absolute atomic E-state index is 5.10. The van der Waals surface area contributed by atoms with Crippen LogP contribution in [0.25, 0.3) is 0 Å². The van der Waals surface area contributed by atoms with E-state index in [1.54, 1.807) is 0 Å². The first-order valence-corrected chi connectivity index (χ1v) is 5.60. The third-order valence-corrected chi connectivity index (χ3v) is 2.44. The molecular formula is C7H13NOS. The average Bonchev–Trinajstić information content (AvgIpc) is 2.34. The van der Waals surface area contributed by atoms with E-state index in [2.05, 4.69) is 24.6 Å². The van der Waals surface area contributed by atoms with Crippen LogP contribution in [0, 0.1) is 0 Å². The molecule has 0 saturated heterocycles. The molecule has 1 heterocycles. The smallest absolute Gasteiger partial charge is 0.173 e. The Kier molecular flexibility index (Phi) is 2.38. The second-order valence-corrected chi connectivity index (χ2v) is 4.63. The van der Waals surface area contributed by atoms with Crippen LogP contribution in [0.15, 0.2) is 15.7 Å². The molecule has 2 nitrogen and oxygen atoms in total. The normalized spacial score (nSPS) is 11.7. The lowest BCUT2D eigenvalue weighted by atomic mass is 10.4. The number of nitrogens with zero attached hydrogens (tertiary/aromatic N) is 1. The monoisotopic (exact) mass is 159 g/mol. The summed E-state index contributed by atoms with van der Waals surface area (Å²) in [6.45, 7) is 2.08. The average molecular weight is 159 g/mol. The molecule has 0 aliphatic carbocycles. The Morgan fingerprint density at radius 1 is 1.60 bits per heavy atom. The molecule has 1 aromatic heterocycles. The van der Waals surface area contributed by atoms with Gasteiger partial charge in [0, 0.05) is 6.07 Å². The number of thiol groups is 1. The van der Waals surface area contributed by atoms with Gasteiger partial charge in [0.15, 0.2) is 5.09 Å². The first-order chi connectivity index (χ1) is 4.74. The first-order valence-electron chi connectivity index (χ1n) is 3.37. The Labute approximate surface area is 63.9 Å². The molecule has 0 spiro atoms. The Morgan fingerprint density at radius 2 is 2.30 bits per heavy atom. The summed E-state index contributed by atoms with van der Waals surface area (Å²) in [6, 6.07) is 2.05. The lowest BCUT2D eigenvalue weighted by molar-refractivity contribution is 0.344. The molecule has 0 fully saturated rings. The maximum Gasteiger partial charge on any atom is 0.173 e. The van der Waals surface area contributed by atoms with Crippen LogP contribution in [0.4, 0.5) is 0 Å². The van der Waals surface area contributed by atoms with Gasteiger partial charge in [-0.15, -0.1) is 0 Å². The van der Waals surface area contributed by atoms with E-state index in [0.29, 0.717) is 0 Å². The fourth-order valence-corrected chi connectivity index (χ4v) is 1.29. The zero-order chi connectivity index (χ0) is 7.56. The summed E-state index contributed by atoms with van der Waals surface area (Å²) in [4.78, 5) is 0. The van der Waals surface area contributed by atoms with Crippen LogP contribution < -0.4 is 0 Å². The molecule has 0 aromatic carbocycles. The molecule has 3 heteroatoms. The summed E-state index contributed by atoms with van der Waals surface area (Å²) in [7, 11) is -0.110. The Bertz CT molecular complexity index is 207. The van der Waals surface area contributed by atoms with Crippen molar-refractivity contribution in [3.63, 3.8) is 0 Å². The Hall–Kier alpha value is -0.440. The van der Waals surface area contributed by atoms with Gasteiger partial charge in [-0.3, -0.25) is 0 Å². The standard InChI is InChI=1S/C7H13NOS/c1-4-6-5-7(9-8-6)10(2)3/h5,10H,4H2,1-3H3. The lowest BCUT2D eigenvalue weighted by Gasteiger charge is -1.99. The Morgan fingerprint density at radius 3 is 2.60 bits per heavy atom. The predicted octanol–water partition coefficient (Wildman–Crippen LogP) is 1.86. The number of hydrogen-bond donors (Lipinski definition) is 1. The highest BCUT2D eigenvalue weighted by Crippen LogP contribution is 2.28. The third kappa shape index (κ3) is 1.53. The fraction of sp³-hybridized carbons (Fsp3) is 0.571. The van der Waals surface area contributed by atoms with Gasteiger partial charge in [-0.2, -0.15) is 10.9 Å². The summed E-state index contributed by atoms with van der Waals surface area (Å²) in [6.07, 6.45) is 5.29. The van der Waals surface area contributed by atoms with Crippen molar-refractivity contribution < 1.29 is 4.52 Å². The van der Waals surface area contributed by atoms with Gasteiger partial charge in [-0.05, 0) is 18.9 Å². The van der Waals surface area contributed by atoms with E-state index < -0.39 is 0 Å². The molecule has 0 aliphatic heterocycles. The van der Waals surface area contributed by atoms with Crippen LogP contribution in [-0.4, -0.2) is 17.7 Å². The fourth-order valence-electron chi connectivity index (χ4n) is 0.678. The maximum atomic E-state index is 5.10. The van der Waals surface area contributed by atoms with E-state index in [0.717, 1.165) is 17.2 Å². The quantitative estimate of drug-likeness (QED) is 0.666. The zero-order valence-corrected chi connectivity index (χ0v) is 7.48. The predicted molar refractivity (Wildman–Crippen MR) is 45.0 cm³/mol. The van der Waals surface area contributed by atoms with Crippen molar-refractivity contribution in [2.24, 2.45) is 0 Å². The highest BCUT2D eigenvalue weighted by molar-refractivity contribution is 8.15. The molecule has 0 radical (unpaired) electrons. The van der Waals surface area contributed by atoms with E-state index in [1.807, 2.05) is 6.07 Å². The molecule has 0 N–H and O–H groups in total. The largest absolute Gasteiger partial charge is 0.351 e. The van der Waals surface area contributed by atoms with Gasteiger partial charge in [0.1, 0.15) is 0 Å². The number of hydrogen-bond acceptors (Lipinski definition) is 2. The molecule has 10 heavy (non-hydrogen) atoms. The SMILES string of the molecule is CCc1cc([SH](C)C)on1. The first kappa shape index (κ1) is 7.66. The molecule has 0 atom stereocenters. The highest BCUT2D eigenvalue weighted by atomic mass is 32.2. The molecule has 58 valence electrons. The minimum Gasteiger partial charge on any atom is -0.351 e. The third-order valence-electron chi connectivity index (χ3n) is 1.35. The molecule has 1 rings (SSSR count). The van der Waals surface area contributed by atoms with Gasteiger partial charge in [-0.1, -0.05) is 12.1 Å². The van der Waals surface area contributed by atoms with Crippen LogP contribution in [0.2, 0.25) is 0 Å². The van der Waals surface area contributed by atoms with Gasteiger partial charge in [0.2, 0.25) is 0 Å². The van der Waals surface area contributed by atoms with E-state index in [1.165, 1.54) is 0 Å². The van der Waals surface area contributed by atoms with Crippen molar-refractivity contribution in [3.8, 4) is 0 Å². The van der Waals surface area contributed by atoms with E-state index in [9.17, 15) is 0 Å². The van der Waals surface area contributed by atoms with Gasteiger partial charge >= 0.3 is 0 Å². The van der Waals surface area contributed by atoms with Crippen molar-refractivity contribution in [2.75, 3.05) is 12.5 Å². The molecular weight excluding hydrogens is 146 g/mol. The van der Waals surface area contributed by atoms with Gasteiger partial charge in [-0.25, -0.2) is 0 Å². The summed E-state index contributed by atoms with van der Waals surface area (Å²) in [5.74, 6) is 0. The van der Waals surface area contributed by atoms with Gasteiger partial charge in [0.05, 0.1) is 5.69 Å². The number of aryl methyl sites for hydroxylation is 1. The summed E-state index contributed by atoms with van der Waals surface area (Å²) in [5.41, 5.74) is 1.06. The van der Waals surface area contributed by atoms with E-state index in [-0.39, 0.29) is 10.9 Å². The van der Waals surface area contributed by atoms with E-state index in [4.69, 9.17) is 4.52 Å². The second kappa shape index (κ2) is 3.10. The van der Waals surface area contributed by atoms with Crippen LogP contribution in [0.1, 0.15) is 12.6 Å². The summed E-state index contributed by atoms with van der Waals surface area (Å²) < 4.78 is 5.10. The van der Waals surface area contributed by atoms with Crippen molar-refractivity contribution >= 4 is 10.9 Å². The van der Waals surface area contributed by atoms with Crippen LogP contribution in [0.3, 0.4) is 0 Å². The number of aromatic nitrogens is 1. The van der Waals surface area contributed by atoms with E-state index >= 15 is 0 Å². The molecule has 0 saturated carbocycles. The topological polar surface area (TPSA) is 26.0 Å². The molecule has 1 aromatic rings. The van der Waals surface area contributed by atoms with Crippen molar-refractivity contribution in [3.05, 3.63) is 11.8 Å². The second-order valence-electron chi connectivity index (χ2n) is 2.40. The van der Waals surface area contributed by atoms with Crippen molar-refractivity contribution in [2.45, 2.75) is 18.4 Å². The molecule has 0 amide bonds. The van der Waals surface area contributed by atoms with Crippen LogP contribution in [0.5, 0.6) is 0 Å². The molecule has 0 unspecified atom stereocenters. The minimum absolute atomic E-state index is 0.110. The zero-order valence-electron chi connectivity index (χ0n) is 6.59. The summed E-state index contributed by atoms with van der Waals surface area (Å²) >= 11 is 0. The molecule has 0 bridgehead atoms. The highest BCUT2D eigenvalue weighted by Gasteiger charge is 2.02. The van der Waals surface area contributed by atoms with Crippen molar-refractivity contribution in [1.82, 2.24) is 5.16 Å². The number of rotatable bonds is 2. The van der Waals surface area contributed by atoms with Crippen LogP contribution >= 0.6 is 10.9 Å². The van der Waals surface area contributed by atoms with Gasteiger partial charge < -0.3 is 4.52 Å². The van der Waals surface area contributed by atoms with Gasteiger partial charge in [0.25, 0.3) is 0 Å². The molecule has 0 aliphatic rings. The summed E-state index contributed by atoms with van der Waals surface area (Å²) in [5, 5.41) is 4.95. The Balaban J connectivity index is 2.78. The van der Waals surface area contributed by atoms with Crippen molar-refractivity contribution in [1.29, 1.82) is 0 Å².